The number of rotatable bonds is 6. The molecule has 1 aromatic heterocycles. The van der Waals surface area contributed by atoms with Crippen molar-refractivity contribution in [3.63, 3.8) is 0 Å². The molecule has 0 bridgehead atoms. The number of nitriles is 1. The van der Waals surface area contributed by atoms with Gasteiger partial charge in [0.05, 0.1) is 17.2 Å². The fraction of sp³-hybridized carbons (Fsp3) is 0.158. The van der Waals surface area contributed by atoms with Crippen LogP contribution in [0.25, 0.3) is 0 Å². The Kier molecular flexibility index (Phi) is 5.25. The molecule has 7 heteroatoms. The van der Waals surface area contributed by atoms with Gasteiger partial charge >= 0.3 is 0 Å². The summed E-state index contributed by atoms with van der Waals surface area (Å²) in [5.74, 6) is 1.02. The zero-order chi connectivity index (χ0) is 18.4. The highest BCUT2D eigenvalue weighted by molar-refractivity contribution is 5.96. The van der Waals surface area contributed by atoms with Crippen LogP contribution in [0.15, 0.2) is 53.1 Å². The van der Waals surface area contributed by atoms with E-state index in [9.17, 15) is 4.79 Å². The first-order valence-corrected chi connectivity index (χ1v) is 7.94. The second kappa shape index (κ2) is 7.94. The molecular formula is C19H16N4O3. The highest BCUT2D eigenvalue weighted by Crippen LogP contribution is 2.19. The summed E-state index contributed by atoms with van der Waals surface area (Å²) in [7, 11) is 0. The molecule has 0 spiro atoms. The molecule has 0 atom stereocenters. The molecule has 0 aliphatic carbocycles. The zero-order valence-corrected chi connectivity index (χ0v) is 14.1. The number of carbonyl (C=O) groups is 1. The number of amides is 1. The van der Waals surface area contributed by atoms with Gasteiger partial charge in [-0.25, -0.2) is 0 Å². The van der Waals surface area contributed by atoms with Gasteiger partial charge in [-0.3, -0.25) is 4.79 Å². The third-order valence-electron chi connectivity index (χ3n) is 3.57. The SMILES string of the molecule is Cc1nc(COc2ccccc2C(=O)NCc2cccc(C#N)c2)no1. The third kappa shape index (κ3) is 4.24. The number of hydrogen-bond acceptors (Lipinski definition) is 6. The van der Waals surface area contributed by atoms with Gasteiger partial charge in [0.1, 0.15) is 5.75 Å². The number of benzene rings is 2. The first-order chi connectivity index (χ1) is 12.7. The standard InChI is InChI=1S/C19H16N4O3/c1-13-22-18(23-26-13)12-25-17-8-3-2-7-16(17)19(24)21-11-15-6-4-5-14(9-15)10-20/h2-9H,11-12H2,1H3,(H,21,24). The van der Waals surface area contributed by atoms with E-state index in [2.05, 4.69) is 21.5 Å². The van der Waals surface area contributed by atoms with Crippen LogP contribution in [0.1, 0.15) is 33.2 Å². The quantitative estimate of drug-likeness (QED) is 0.735. The second-order valence-electron chi connectivity index (χ2n) is 5.51. The van der Waals surface area contributed by atoms with Gasteiger partial charge in [0, 0.05) is 13.5 Å². The molecule has 3 aromatic rings. The average molecular weight is 348 g/mol. The Bertz CT molecular complexity index is 959. The number of aromatic nitrogens is 2. The van der Waals surface area contributed by atoms with Crippen molar-refractivity contribution in [1.29, 1.82) is 5.26 Å². The molecule has 1 amide bonds. The van der Waals surface area contributed by atoms with Crippen LogP contribution in [-0.2, 0) is 13.2 Å². The lowest BCUT2D eigenvalue weighted by Gasteiger charge is -2.11. The van der Waals surface area contributed by atoms with Crippen molar-refractivity contribution in [2.75, 3.05) is 0 Å². The van der Waals surface area contributed by atoms with Crippen LogP contribution in [0.2, 0.25) is 0 Å². The van der Waals surface area contributed by atoms with E-state index in [-0.39, 0.29) is 12.5 Å². The molecule has 0 fully saturated rings. The van der Waals surface area contributed by atoms with E-state index in [0.717, 1.165) is 5.56 Å². The summed E-state index contributed by atoms with van der Waals surface area (Å²) in [6.07, 6.45) is 0. The summed E-state index contributed by atoms with van der Waals surface area (Å²) < 4.78 is 10.6. The molecule has 2 aromatic carbocycles. The highest BCUT2D eigenvalue weighted by Gasteiger charge is 2.13. The molecule has 0 aliphatic rings. The number of hydrogen-bond donors (Lipinski definition) is 1. The normalized spacial score (nSPS) is 10.2. The van der Waals surface area contributed by atoms with Crippen LogP contribution in [0.4, 0.5) is 0 Å². The highest BCUT2D eigenvalue weighted by atomic mass is 16.5. The first-order valence-electron chi connectivity index (χ1n) is 7.94. The predicted molar refractivity (Wildman–Crippen MR) is 92.1 cm³/mol. The molecule has 130 valence electrons. The van der Waals surface area contributed by atoms with Crippen LogP contribution in [0.5, 0.6) is 5.75 Å². The van der Waals surface area contributed by atoms with Crippen molar-refractivity contribution in [3.05, 3.63) is 76.9 Å². The van der Waals surface area contributed by atoms with Crippen molar-refractivity contribution >= 4 is 5.91 Å². The summed E-state index contributed by atoms with van der Waals surface area (Å²) in [6, 6.07) is 16.1. The second-order valence-corrected chi connectivity index (χ2v) is 5.51. The topological polar surface area (TPSA) is 101 Å². The minimum absolute atomic E-state index is 0.103. The number of nitrogens with one attached hydrogen (secondary N) is 1. The lowest BCUT2D eigenvalue weighted by Crippen LogP contribution is -2.23. The Labute approximate surface area is 150 Å². The summed E-state index contributed by atoms with van der Waals surface area (Å²) >= 11 is 0. The first kappa shape index (κ1) is 17.2. The molecule has 0 saturated carbocycles. The zero-order valence-electron chi connectivity index (χ0n) is 14.1. The lowest BCUT2D eigenvalue weighted by molar-refractivity contribution is 0.0946. The Hall–Kier alpha value is -3.66. The molecule has 1 N–H and O–H groups in total. The molecule has 0 aliphatic heterocycles. The largest absolute Gasteiger partial charge is 0.485 e. The fourth-order valence-electron chi connectivity index (χ4n) is 2.35. The van der Waals surface area contributed by atoms with Crippen LogP contribution < -0.4 is 10.1 Å². The number of aryl methyl sites for hydroxylation is 1. The monoisotopic (exact) mass is 348 g/mol. The predicted octanol–water partition coefficient (Wildman–Crippen LogP) is 2.76. The van der Waals surface area contributed by atoms with E-state index in [1.165, 1.54) is 0 Å². The number of para-hydroxylation sites is 1. The fourth-order valence-corrected chi connectivity index (χ4v) is 2.35. The van der Waals surface area contributed by atoms with Crippen molar-refractivity contribution in [2.45, 2.75) is 20.1 Å². The molecule has 26 heavy (non-hydrogen) atoms. The Morgan fingerprint density at radius 3 is 2.88 bits per heavy atom. The van der Waals surface area contributed by atoms with Gasteiger partial charge in [0.2, 0.25) is 11.7 Å². The van der Waals surface area contributed by atoms with E-state index in [0.29, 0.717) is 35.1 Å². The number of ether oxygens (including phenoxy) is 1. The van der Waals surface area contributed by atoms with E-state index in [4.69, 9.17) is 14.5 Å². The lowest BCUT2D eigenvalue weighted by atomic mass is 10.1. The smallest absolute Gasteiger partial charge is 0.255 e. The molecule has 1 heterocycles. The summed E-state index contributed by atoms with van der Waals surface area (Å²) in [4.78, 5) is 16.6. The minimum atomic E-state index is -0.271. The maximum Gasteiger partial charge on any atom is 0.255 e. The van der Waals surface area contributed by atoms with Gasteiger partial charge < -0.3 is 14.6 Å². The van der Waals surface area contributed by atoms with Gasteiger partial charge in [-0.05, 0) is 29.8 Å². The molecule has 7 nitrogen and oxygen atoms in total. The van der Waals surface area contributed by atoms with Crippen molar-refractivity contribution < 1.29 is 14.1 Å². The maximum atomic E-state index is 12.5. The van der Waals surface area contributed by atoms with E-state index in [1.54, 1.807) is 49.4 Å². The minimum Gasteiger partial charge on any atom is -0.485 e. The average Bonchev–Trinajstić information content (AvgIpc) is 3.10. The van der Waals surface area contributed by atoms with Crippen molar-refractivity contribution in [1.82, 2.24) is 15.5 Å². The van der Waals surface area contributed by atoms with Crippen LogP contribution in [-0.4, -0.2) is 16.0 Å². The van der Waals surface area contributed by atoms with Crippen molar-refractivity contribution in [3.8, 4) is 11.8 Å². The molecule has 0 unspecified atom stereocenters. The van der Waals surface area contributed by atoms with Gasteiger partial charge in [-0.15, -0.1) is 0 Å². The van der Waals surface area contributed by atoms with Gasteiger partial charge in [0.25, 0.3) is 5.91 Å². The third-order valence-corrected chi connectivity index (χ3v) is 3.57. The van der Waals surface area contributed by atoms with Crippen molar-refractivity contribution in [2.24, 2.45) is 0 Å². The van der Waals surface area contributed by atoms with Gasteiger partial charge in [-0.2, -0.15) is 10.2 Å². The number of carbonyl (C=O) groups excluding carboxylic acids is 1. The maximum absolute atomic E-state index is 12.5. The molecule has 0 radical (unpaired) electrons. The Balaban J connectivity index is 1.66. The molecule has 3 rings (SSSR count). The molecule has 0 saturated heterocycles. The van der Waals surface area contributed by atoms with E-state index < -0.39 is 0 Å². The van der Waals surface area contributed by atoms with E-state index >= 15 is 0 Å². The summed E-state index contributed by atoms with van der Waals surface area (Å²) in [5.41, 5.74) is 1.80. The Morgan fingerprint density at radius 2 is 2.12 bits per heavy atom. The van der Waals surface area contributed by atoms with Crippen LogP contribution in [0, 0.1) is 18.3 Å². The summed E-state index contributed by atoms with van der Waals surface area (Å²) in [5, 5.41) is 15.5. The number of nitrogens with zero attached hydrogens (tertiary/aromatic N) is 3. The van der Waals surface area contributed by atoms with Crippen LogP contribution >= 0.6 is 0 Å². The van der Waals surface area contributed by atoms with Gasteiger partial charge in [-0.1, -0.05) is 29.4 Å². The van der Waals surface area contributed by atoms with Gasteiger partial charge in [0.15, 0.2) is 6.61 Å². The van der Waals surface area contributed by atoms with E-state index in [1.807, 2.05) is 6.07 Å². The Morgan fingerprint density at radius 1 is 1.27 bits per heavy atom. The molecular weight excluding hydrogens is 332 g/mol. The van der Waals surface area contributed by atoms with Crippen LogP contribution in [0.3, 0.4) is 0 Å². The summed E-state index contributed by atoms with van der Waals surface area (Å²) in [6.45, 7) is 2.11.